The van der Waals surface area contributed by atoms with Gasteiger partial charge >= 0.3 is 5.97 Å². The van der Waals surface area contributed by atoms with Crippen LogP contribution in [0, 0.1) is 0 Å². The maximum atomic E-state index is 12.1. The lowest BCUT2D eigenvalue weighted by Gasteiger charge is -2.08. The Morgan fingerprint density at radius 2 is 1.91 bits per heavy atom. The molecule has 0 bridgehead atoms. The van der Waals surface area contributed by atoms with Crippen LogP contribution in [0.4, 0.5) is 0 Å². The van der Waals surface area contributed by atoms with Gasteiger partial charge in [0.1, 0.15) is 23.0 Å². The van der Waals surface area contributed by atoms with Gasteiger partial charge < -0.3 is 19.3 Å². The highest BCUT2D eigenvalue weighted by Gasteiger charge is 2.31. The van der Waals surface area contributed by atoms with Crippen molar-refractivity contribution in [2.75, 3.05) is 14.2 Å². The second kappa shape index (κ2) is 5.44. The molecular formula is C17H14O5. The summed E-state index contributed by atoms with van der Waals surface area (Å²) in [5, 5.41) is 9.87. The topological polar surface area (TPSA) is 65.0 Å². The monoisotopic (exact) mass is 298 g/mol. The maximum Gasteiger partial charge on any atom is 0.344 e. The first-order chi connectivity index (χ1) is 10.6. The van der Waals surface area contributed by atoms with Gasteiger partial charge in [-0.15, -0.1) is 0 Å². The molecule has 5 heteroatoms. The number of fused-ring (bicyclic) bond motifs is 1. The van der Waals surface area contributed by atoms with Crippen LogP contribution in [-0.2, 0) is 4.79 Å². The van der Waals surface area contributed by atoms with Gasteiger partial charge in [-0.25, -0.2) is 4.79 Å². The maximum absolute atomic E-state index is 12.1. The van der Waals surface area contributed by atoms with Crippen LogP contribution in [0.3, 0.4) is 0 Å². The molecule has 0 spiro atoms. The summed E-state index contributed by atoms with van der Waals surface area (Å²) in [4.78, 5) is 12.1. The molecule has 2 aromatic carbocycles. The van der Waals surface area contributed by atoms with Crippen molar-refractivity contribution in [1.82, 2.24) is 0 Å². The van der Waals surface area contributed by atoms with Crippen LogP contribution in [0.15, 0.2) is 36.4 Å². The van der Waals surface area contributed by atoms with E-state index in [1.54, 1.807) is 42.5 Å². The van der Waals surface area contributed by atoms with Crippen LogP contribution in [0.25, 0.3) is 11.6 Å². The van der Waals surface area contributed by atoms with E-state index in [1.807, 2.05) is 0 Å². The molecule has 1 heterocycles. The zero-order valence-corrected chi connectivity index (χ0v) is 12.1. The Morgan fingerprint density at radius 1 is 1.14 bits per heavy atom. The first kappa shape index (κ1) is 14.0. The molecule has 0 unspecified atom stereocenters. The van der Waals surface area contributed by atoms with E-state index in [0.29, 0.717) is 33.9 Å². The summed E-state index contributed by atoms with van der Waals surface area (Å²) in [6.45, 7) is 0. The molecule has 0 aromatic heterocycles. The summed E-state index contributed by atoms with van der Waals surface area (Å²) in [7, 11) is 3.03. The van der Waals surface area contributed by atoms with Crippen molar-refractivity contribution in [2.24, 2.45) is 0 Å². The Morgan fingerprint density at radius 3 is 2.59 bits per heavy atom. The zero-order chi connectivity index (χ0) is 15.7. The number of hydrogen-bond donors (Lipinski definition) is 1. The number of phenolic OH excluding ortho intramolecular Hbond substituents is 1. The molecule has 0 aliphatic carbocycles. The third-order valence-corrected chi connectivity index (χ3v) is 3.42. The lowest BCUT2D eigenvalue weighted by Crippen LogP contribution is -2.00. The van der Waals surface area contributed by atoms with Crippen LogP contribution < -0.4 is 14.2 Å². The molecule has 1 N–H and O–H groups in total. The van der Waals surface area contributed by atoms with Gasteiger partial charge in [0, 0.05) is 17.7 Å². The highest BCUT2D eigenvalue weighted by molar-refractivity contribution is 6.27. The molecule has 0 fully saturated rings. The fourth-order valence-electron chi connectivity index (χ4n) is 2.34. The predicted octanol–water partition coefficient (Wildman–Crippen LogP) is 2.87. The van der Waals surface area contributed by atoms with E-state index in [0.717, 1.165) is 0 Å². The fourth-order valence-corrected chi connectivity index (χ4v) is 2.34. The van der Waals surface area contributed by atoms with Crippen molar-refractivity contribution in [3.63, 3.8) is 0 Å². The number of para-hydroxylation sites is 1. The van der Waals surface area contributed by atoms with Gasteiger partial charge in [-0.05, 0) is 12.1 Å². The average molecular weight is 298 g/mol. The van der Waals surface area contributed by atoms with E-state index < -0.39 is 5.97 Å². The Hall–Kier alpha value is -2.95. The van der Waals surface area contributed by atoms with Gasteiger partial charge in [-0.2, -0.15) is 0 Å². The number of phenols is 1. The Kier molecular flexibility index (Phi) is 3.47. The van der Waals surface area contributed by atoms with Crippen molar-refractivity contribution >= 4 is 17.6 Å². The highest BCUT2D eigenvalue weighted by Crippen LogP contribution is 2.44. The number of methoxy groups -OCH3 is 2. The molecule has 1 aliphatic heterocycles. The van der Waals surface area contributed by atoms with Crippen molar-refractivity contribution in [1.29, 1.82) is 0 Å². The summed E-state index contributed by atoms with van der Waals surface area (Å²) in [6.07, 6.45) is 1.58. The molecule has 2 aromatic rings. The first-order valence-corrected chi connectivity index (χ1v) is 6.62. The molecule has 0 saturated heterocycles. The van der Waals surface area contributed by atoms with Gasteiger partial charge in [0.15, 0.2) is 0 Å². The predicted molar refractivity (Wildman–Crippen MR) is 81.2 cm³/mol. The molecular weight excluding hydrogens is 284 g/mol. The number of ether oxygens (including phenoxy) is 3. The zero-order valence-electron chi connectivity index (χ0n) is 12.1. The molecule has 0 amide bonds. The highest BCUT2D eigenvalue weighted by atomic mass is 16.5. The number of esters is 1. The summed E-state index contributed by atoms with van der Waals surface area (Å²) >= 11 is 0. The number of carbonyl (C=O) groups excluding carboxylic acids is 1. The molecule has 0 radical (unpaired) electrons. The summed E-state index contributed by atoms with van der Waals surface area (Å²) in [5.41, 5.74) is 1.41. The van der Waals surface area contributed by atoms with Gasteiger partial charge in [-0.1, -0.05) is 18.2 Å². The van der Waals surface area contributed by atoms with E-state index in [9.17, 15) is 9.90 Å². The fraction of sp³-hybridized carbons (Fsp3) is 0.118. The molecule has 5 nitrogen and oxygen atoms in total. The molecule has 0 atom stereocenters. The Bertz CT molecular complexity index is 777. The minimum atomic E-state index is -0.496. The van der Waals surface area contributed by atoms with E-state index in [1.165, 1.54) is 14.2 Å². The number of benzene rings is 2. The normalized spacial score (nSPS) is 14.6. The number of hydrogen-bond acceptors (Lipinski definition) is 5. The van der Waals surface area contributed by atoms with Crippen LogP contribution in [-0.4, -0.2) is 25.3 Å². The summed E-state index contributed by atoms with van der Waals surface area (Å²) in [6, 6.07) is 10.1. The van der Waals surface area contributed by atoms with Crippen LogP contribution in [0.2, 0.25) is 0 Å². The standard InChI is InChI=1S/C17H14O5/c1-20-11-8-14(21-2)16-12(17(19)22-15(16)9-11)7-10-5-3-4-6-13(10)18/h3-9,18H,1-2H3/b12-7+. The molecule has 112 valence electrons. The van der Waals surface area contributed by atoms with Gasteiger partial charge in [0.25, 0.3) is 0 Å². The third-order valence-electron chi connectivity index (χ3n) is 3.42. The Labute approximate surface area is 127 Å². The van der Waals surface area contributed by atoms with Crippen LogP contribution in [0.1, 0.15) is 11.1 Å². The van der Waals surface area contributed by atoms with Gasteiger partial charge in [0.2, 0.25) is 0 Å². The number of carbonyl (C=O) groups is 1. The minimum Gasteiger partial charge on any atom is -0.507 e. The Balaban J connectivity index is 2.18. The molecule has 3 rings (SSSR count). The van der Waals surface area contributed by atoms with Crippen molar-refractivity contribution < 1.29 is 24.1 Å². The van der Waals surface area contributed by atoms with E-state index in [2.05, 4.69) is 0 Å². The molecule has 0 saturated carbocycles. The van der Waals surface area contributed by atoms with E-state index in [4.69, 9.17) is 14.2 Å². The largest absolute Gasteiger partial charge is 0.507 e. The van der Waals surface area contributed by atoms with Crippen molar-refractivity contribution in [3.05, 3.63) is 47.5 Å². The average Bonchev–Trinajstić information content (AvgIpc) is 2.84. The van der Waals surface area contributed by atoms with Crippen LogP contribution >= 0.6 is 0 Å². The van der Waals surface area contributed by atoms with Gasteiger partial charge in [-0.3, -0.25) is 0 Å². The smallest absolute Gasteiger partial charge is 0.344 e. The molecule has 1 aliphatic rings. The van der Waals surface area contributed by atoms with E-state index >= 15 is 0 Å². The lowest BCUT2D eigenvalue weighted by atomic mass is 10.0. The van der Waals surface area contributed by atoms with Crippen molar-refractivity contribution in [3.8, 4) is 23.0 Å². The minimum absolute atomic E-state index is 0.0868. The third kappa shape index (κ3) is 2.26. The second-order valence-corrected chi connectivity index (χ2v) is 4.71. The molecule has 22 heavy (non-hydrogen) atoms. The second-order valence-electron chi connectivity index (χ2n) is 4.71. The number of aromatic hydroxyl groups is 1. The first-order valence-electron chi connectivity index (χ1n) is 6.62. The van der Waals surface area contributed by atoms with Crippen LogP contribution in [0.5, 0.6) is 23.0 Å². The van der Waals surface area contributed by atoms with E-state index in [-0.39, 0.29) is 5.75 Å². The summed E-state index contributed by atoms with van der Waals surface area (Å²) < 4.78 is 15.8. The van der Waals surface area contributed by atoms with Crippen molar-refractivity contribution in [2.45, 2.75) is 0 Å². The lowest BCUT2D eigenvalue weighted by molar-refractivity contribution is -0.126. The quantitative estimate of drug-likeness (QED) is 0.536. The number of rotatable bonds is 3. The summed E-state index contributed by atoms with van der Waals surface area (Å²) in [5.74, 6) is 0.977. The van der Waals surface area contributed by atoms with Gasteiger partial charge in [0.05, 0.1) is 25.4 Å². The SMILES string of the molecule is COc1cc(OC)c2c(c1)OC(=O)/C2=C/c1ccccc1O.